The third-order valence-corrected chi connectivity index (χ3v) is 5.48. The molecule has 3 rings (SSSR count). The lowest BCUT2D eigenvalue weighted by Crippen LogP contribution is -2.24. The van der Waals surface area contributed by atoms with E-state index in [0.717, 1.165) is 12.8 Å². The second-order valence-electron chi connectivity index (χ2n) is 5.52. The molecule has 0 spiro atoms. The topological polar surface area (TPSA) is 123 Å². The predicted octanol–water partition coefficient (Wildman–Crippen LogP) is 0.782. The van der Waals surface area contributed by atoms with E-state index in [2.05, 4.69) is 25.1 Å². The van der Waals surface area contributed by atoms with Crippen LogP contribution in [0.15, 0.2) is 9.42 Å². The van der Waals surface area contributed by atoms with Gasteiger partial charge in [0.05, 0.1) is 17.9 Å². The molecule has 0 aliphatic carbocycles. The minimum absolute atomic E-state index is 0.0530. The first-order valence-electron chi connectivity index (χ1n) is 7.39. The molecule has 0 atom stereocenters. The highest BCUT2D eigenvalue weighted by Crippen LogP contribution is 2.24. The largest absolute Gasteiger partial charge is 0.381 e. The van der Waals surface area contributed by atoms with E-state index in [9.17, 15) is 8.42 Å². The van der Waals surface area contributed by atoms with Crippen LogP contribution in [0, 0.1) is 13.8 Å². The first kappa shape index (κ1) is 16.1. The van der Waals surface area contributed by atoms with E-state index in [-0.39, 0.29) is 23.2 Å². The van der Waals surface area contributed by atoms with Crippen molar-refractivity contribution in [3.8, 4) is 0 Å². The van der Waals surface area contributed by atoms with Gasteiger partial charge in [-0.25, -0.2) is 13.1 Å². The number of ether oxygens (including phenoxy) is 1. The molecule has 0 saturated carbocycles. The smallest absolute Gasteiger partial charge is 0.244 e. The van der Waals surface area contributed by atoms with Crippen molar-refractivity contribution in [1.82, 2.24) is 25.1 Å². The zero-order chi connectivity index (χ0) is 16.4. The summed E-state index contributed by atoms with van der Waals surface area (Å²) in [6.07, 6.45) is 1.69. The van der Waals surface area contributed by atoms with Crippen LogP contribution in [0.5, 0.6) is 0 Å². The first-order valence-corrected chi connectivity index (χ1v) is 8.87. The highest BCUT2D eigenvalue weighted by molar-refractivity contribution is 7.89. The Morgan fingerprint density at radius 2 is 2.04 bits per heavy atom. The van der Waals surface area contributed by atoms with Crippen LogP contribution in [-0.2, 0) is 21.3 Å². The minimum atomic E-state index is -3.68. The van der Waals surface area contributed by atoms with E-state index >= 15 is 0 Å². The number of nitrogens with one attached hydrogen (secondary N) is 2. The van der Waals surface area contributed by atoms with Gasteiger partial charge in [-0.05, 0) is 26.7 Å². The molecule has 1 aliphatic heterocycles. The number of aromatic amines is 1. The molecule has 9 nitrogen and oxygen atoms in total. The monoisotopic (exact) mass is 341 g/mol. The van der Waals surface area contributed by atoms with Gasteiger partial charge >= 0.3 is 0 Å². The lowest BCUT2D eigenvalue weighted by molar-refractivity contribution is 0.0830. The van der Waals surface area contributed by atoms with Crippen molar-refractivity contribution in [3.05, 3.63) is 23.1 Å². The maximum absolute atomic E-state index is 12.3. The molecular formula is C13H19N5O4S. The molecule has 3 heterocycles. The van der Waals surface area contributed by atoms with Crippen molar-refractivity contribution in [2.75, 3.05) is 13.2 Å². The summed E-state index contributed by atoms with van der Waals surface area (Å²) in [5, 5.41) is 10.5. The number of nitrogens with zero attached hydrogens (tertiary/aromatic N) is 3. The summed E-state index contributed by atoms with van der Waals surface area (Å²) in [6, 6.07) is 0. The fourth-order valence-electron chi connectivity index (χ4n) is 2.63. The molecule has 23 heavy (non-hydrogen) atoms. The van der Waals surface area contributed by atoms with Gasteiger partial charge in [0.2, 0.25) is 15.9 Å². The number of H-pyrrole nitrogens is 1. The lowest BCUT2D eigenvalue weighted by atomic mass is 10.00. The number of hydrogen-bond acceptors (Lipinski definition) is 7. The molecule has 2 N–H and O–H groups in total. The van der Waals surface area contributed by atoms with E-state index in [1.807, 2.05) is 0 Å². The Bertz CT molecular complexity index is 757. The summed E-state index contributed by atoms with van der Waals surface area (Å²) < 4.78 is 37.6. The predicted molar refractivity (Wildman–Crippen MR) is 79.2 cm³/mol. The fourth-order valence-corrected chi connectivity index (χ4v) is 3.97. The standard InChI is InChI=1S/C13H19N5O4S/c1-8-12(9(2)17-16-8)23(19,20)14-7-11-15-13(18-22-11)10-3-5-21-6-4-10/h10,14H,3-7H2,1-2H3,(H,16,17). The van der Waals surface area contributed by atoms with Crippen LogP contribution in [0.2, 0.25) is 0 Å². The van der Waals surface area contributed by atoms with Crippen molar-refractivity contribution < 1.29 is 17.7 Å². The van der Waals surface area contributed by atoms with Crippen molar-refractivity contribution >= 4 is 10.0 Å². The van der Waals surface area contributed by atoms with Crippen molar-refractivity contribution in [1.29, 1.82) is 0 Å². The van der Waals surface area contributed by atoms with Gasteiger partial charge in [-0.15, -0.1) is 0 Å². The third-order valence-electron chi connectivity index (χ3n) is 3.81. The summed E-state index contributed by atoms with van der Waals surface area (Å²) in [5.74, 6) is 1.06. The van der Waals surface area contributed by atoms with E-state index in [1.165, 1.54) is 0 Å². The quantitative estimate of drug-likeness (QED) is 0.823. The van der Waals surface area contributed by atoms with Crippen molar-refractivity contribution in [2.24, 2.45) is 0 Å². The van der Waals surface area contributed by atoms with Crippen molar-refractivity contribution in [2.45, 2.75) is 44.0 Å². The van der Waals surface area contributed by atoms with Crippen molar-refractivity contribution in [3.63, 3.8) is 0 Å². The Kier molecular flexibility index (Phi) is 4.46. The van der Waals surface area contributed by atoms with E-state index < -0.39 is 10.0 Å². The molecule has 1 fully saturated rings. The van der Waals surface area contributed by atoms with Crippen LogP contribution in [-0.4, -0.2) is 42.0 Å². The van der Waals surface area contributed by atoms with Gasteiger partial charge in [0, 0.05) is 19.1 Å². The molecule has 0 aromatic carbocycles. The summed E-state index contributed by atoms with van der Waals surface area (Å²) in [4.78, 5) is 4.43. The summed E-state index contributed by atoms with van der Waals surface area (Å²) >= 11 is 0. The lowest BCUT2D eigenvalue weighted by Gasteiger charge is -2.18. The maximum atomic E-state index is 12.3. The summed E-state index contributed by atoms with van der Waals surface area (Å²) in [5.41, 5.74) is 0.909. The molecular weight excluding hydrogens is 322 g/mol. The number of hydrogen-bond donors (Lipinski definition) is 2. The van der Waals surface area contributed by atoms with Gasteiger partial charge in [-0.2, -0.15) is 10.1 Å². The Balaban J connectivity index is 1.67. The molecule has 0 amide bonds. The zero-order valence-electron chi connectivity index (χ0n) is 13.0. The Hall–Kier alpha value is -1.78. The van der Waals surface area contributed by atoms with Gasteiger partial charge < -0.3 is 9.26 Å². The van der Waals surface area contributed by atoms with Crippen LogP contribution in [0.1, 0.15) is 41.9 Å². The van der Waals surface area contributed by atoms with Crippen LogP contribution >= 0.6 is 0 Å². The average Bonchev–Trinajstić information content (AvgIpc) is 3.13. The number of sulfonamides is 1. The Labute approximate surface area is 133 Å². The molecule has 2 aromatic heterocycles. The molecule has 1 aliphatic rings. The third kappa shape index (κ3) is 3.43. The maximum Gasteiger partial charge on any atom is 0.244 e. The Morgan fingerprint density at radius 1 is 1.30 bits per heavy atom. The van der Waals surface area contributed by atoms with Crippen LogP contribution in [0.3, 0.4) is 0 Å². The molecule has 1 saturated heterocycles. The summed E-state index contributed by atoms with van der Waals surface area (Å²) in [6.45, 7) is 4.60. The SMILES string of the molecule is Cc1n[nH]c(C)c1S(=O)(=O)NCc1nc(C2CCOCC2)no1. The van der Waals surface area contributed by atoms with Gasteiger partial charge in [0.25, 0.3) is 0 Å². The van der Waals surface area contributed by atoms with Crippen LogP contribution in [0.4, 0.5) is 0 Å². The molecule has 10 heteroatoms. The Morgan fingerprint density at radius 3 is 2.70 bits per heavy atom. The second-order valence-corrected chi connectivity index (χ2v) is 7.22. The van der Waals surface area contributed by atoms with Gasteiger partial charge in [-0.1, -0.05) is 5.16 Å². The number of aromatic nitrogens is 4. The molecule has 2 aromatic rings. The summed E-state index contributed by atoms with van der Waals surface area (Å²) in [7, 11) is -3.68. The number of aryl methyl sites for hydroxylation is 2. The molecule has 0 radical (unpaired) electrons. The van der Waals surface area contributed by atoms with E-state index in [0.29, 0.717) is 30.4 Å². The molecule has 126 valence electrons. The fraction of sp³-hybridized carbons (Fsp3) is 0.615. The highest BCUT2D eigenvalue weighted by Gasteiger charge is 2.24. The second kappa shape index (κ2) is 6.38. The normalized spacial score (nSPS) is 16.8. The van der Waals surface area contributed by atoms with E-state index in [1.54, 1.807) is 13.8 Å². The van der Waals surface area contributed by atoms with Gasteiger partial charge in [-0.3, -0.25) is 5.10 Å². The zero-order valence-corrected chi connectivity index (χ0v) is 13.8. The number of rotatable bonds is 5. The first-order chi connectivity index (χ1) is 11.0. The molecule has 0 bridgehead atoms. The minimum Gasteiger partial charge on any atom is -0.381 e. The highest BCUT2D eigenvalue weighted by atomic mass is 32.2. The van der Waals surface area contributed by atoms with Gasteiger partial charge in [0.1, 0.15) is 4.90 Å². The average molecular weight is 341 g/mol. The molecule has 0 unspecified atom stereocenters. The van der Waals surface area contributed by atoms with Gasteiger partial charge in [0.15, 0.2) is 5.82 Å². The van der Waals surface area contributed by atoms with E-state index in [4.69, 9.17) is 9.26 Å². The van der Waals surface area contributed by atoms with Crippen LogP contribution < -0.4 is 4.72 Å². The van der Waals surface area contributed by atoms with Crippen LogP contribution in [0.25, 0.3) is 0 Å².